The Labute approximate surface area is 133 Å². The van der Waals surface area contributed by atoms with E-state index < -0.39 is 5.82 Å². The second-order valence-electron chi connectivity index (χ2n) is 4.38. The molecule has 0 N–H and O–H groups in total. The van der Waals surface area contributed by atoms with E-state index in [0.717, 1.165) is 10.0 Å². The van der Waals surface area contributed by atoms with E-state index in [1.165, 1.54) is 18.2 Å². The molecule has 0 aliphatic heterocycles. The van der Waals surface area contributed by atoms with Gasteiger partial charge in [0, 0.05) is 22.5 Å². The third kappa shape index (κ3) is 3.46. The third-order valence-corrected chi connectivity index (χ3v) is 4.34. The molecule has 1 amide bonds. The van der Waals surface area contributed by atoms with Crippen molar-refractivity contribution in [3.05, 3.63) is 68.4 Å². The van der Waals surface area contributed by atoms with Crippen molar-refractivity contribution < 1.29 is 9.18 Å². The maximum atomic E-state index is 13.3. The van der Waals surface area contributed by atoms with Gasteiger partial charge in [0.25, 0.3) is 5.91 Å². The Kier molecular flexibility index (Phi) is 4.94. The molecule has 0 heterocycles. The van der Waals surface area contributed by atoms with Gasteiger partial charge in [-0.1, -0.05) is 34.1 Å². The van der Waals surface area contributed by atoms with E-state index >= 15 is 0 Å². The van der Waals surface area contributed by atoms with E-state index in [1.54, 1.807) is 11.9 Å². The summed E-state index contributed by atoms with van der Waals surface area (Å²) in [5, 5.41) is 0. The summed E-state index contributed by atoms with van der Waals surface area (Å²) in [6, 6.07) is 11.8. The number of rotatable bonds is 3. The Morgan fingerprint density at radius 3 is 2.55 bits per heavy atom. The number of nitrogens with zero attached hydrogens (tertiary/aromatic N) is 1. The van der Waals surface area contributed by atoms with Crippen LogP contribution in [0.4, 0.5) is 4.39 Å². The highest BCUT2D eigenvalue weighted by atomic mass is 79.9. The van der Waals surface area contributed by atoms with Crippen molar-refractivity contribution in [3.63, 3.8) is 0 Å². The number of carbonyl (C=O) groups is 1. The summed E-state index contributed by atoms with van der Waals surface area (Å²) in [6.07, 6.45) is 0. The molecule has 2 nitrogen and oxygen atoms in total. The summed E-state index contributed by atoms with van der Waals surface area (Å²) in [7, 11) is 1.69. The van der Waals surface area contributed by atoms with Crippen molar-refractivity contribution in [2.75, 3.05) is 7.05 Å². The van der Waals surface area contributed by atoms with Crippen LogP contribution in [0, 0.1) is 5.82 Å². The fourth-order valence-electron chi connectivity index (χ4n) is 1.82. The average molecular weight is 401 g/mol. The van der Waals surface area contributed by atoms with Crippen molar-refractivity contribution in [2.45, 2.75) is 6.54 Å². The molecular weight excluding hydrogens is 389 g/mol. The van der Waals surface area contributed by atoms with Crippen LogP contribution in [0.3, 0.4) is 0 Å². The fourth-order valence-corrected chi connectivity index (χ4v) is 2.65. The van der Waals surface area contributed by atoms with Gasteiger partial charge in [0.1, 0.15) is 5.82 Å². The normalized spacial score (nSPS) is 10.4. The Hall–Kier alpha value is -1.20. The molecule has 0 aliphatic carbocycles. The van der Waals surface area contributed by atoms with Gasteiger partial charge in [0.2, 0.25) is 0 Å². The van der Waals surface area contributed by atoms with Crippen LogP contribution in [-0.2, 0) is 6.54 Å². The molecule has 0 saturated carbocycles. The van der Waals surface area contributed by atoms with E-state index in [9.17, 15) is 9.18 Å². The number of amides is 1. The van der Waals surface area contributed by atoms with Crippen molar-refractivity contribution in [1.82, 2.24) is 4.90 Å². The van der Waals surface area contributed by atoms with Crippen LogP contribution in [0.5, 0.6) is 0 Å². The Bertz CT molecular complexity index is 646. The summed E-state index contributed by atoms with van der Waals surface area (Å²) in [4.78, 5) is 13.9. The van der Waals surface area contributed by atoms with Crippen LogP contribution < -0.4 is 0 Å². The molecule has 104 valence electrons. The van der Waals surface area contributed by atoms with Crippen molar-refractivity contribution in [2.24, 2.45) is 0 Å². The highest BCUT2D eigenvalue weighted by Gasteiger charge is 2.16. The van der Waals surface area contributed by atoms with Gasteiger partial charge < -0.3 is 4.90 Å². The van der Waals surface area contributed by atoms with Crippen molar-refractivity contribution >= 4 is 37.8 Å². The molecule has 2 aromatic rings. The fraction of sp³-hybridized carbons (Fsp3) is 0.133. The summed E-state index contributed by atoms with van der Waals surface area (Å²) >= 11 is 6.72. The van der Waals surface area contributed by atoms with Crippen LogP contribution in [0.1, 0.15) is 15.9 Å². The molecule has 20 heavy (non-hydrogen) atoms. The molecule has 5 heteroatoms. The number of hydrogen-bond acceptors (Lipinski definition) is 1. The predicted molar refractivity (Wildman–Crippen MR) is 84.0 cm³/mol. The van der Waals surface area contributed by atoms with Gasteiger partial charge >= 0.3 is 0 Å². The molecule has 0 fully saturated rings. The zero-order chi connectivity index (χ0) is 14.7. The van der Waals surface area contributed by atoms with E-state index in [2.05, 4.69) is 31.9 Å². The van der Waals surface area contributed by atoms with Crippen LogP contribution >= 0.6 is 31.9 Å². The number of benzene rings is 2. The molecule has 0 unspecified atom stereocenters. The lowest BCUT2D eigenvalue weighted by Gasteiger charge is -2.19. The molecule has 2 aromatic carbocycles. The largest absolute Gasteiger partial charge is 0.337 e. The molecule has 0 aliphatic rings. The van der Waals surface area contributed by atoms with E-state index in [0.29, 0.717) is 16.6 Å². The summed E-state index contributed by atoms with van der Waals surface area (Å²) in [5.74, 6) is -0.655. The quantitative estimate of drug-likeness (QED) is 0.735. The standard InChI is InChI=1S/C15H12Br2FNO/c1-19(9-10-4-2-3-5-13(10)16)15(20)12-8-11(18)6-7-14(12)17/h2-8H,9H2,1H3. The minimum Gasteiger partial charge on any atom is -0.337 e. The Morgan fingerprint density at radius 2 is 1.85 bits per heavy atom. The van der Waals surface area contributed by atoms with Crippen LogP contribution in [0.15, 0.2) is 51.4 Å². The molecule has 0 radical (unpaired) electrons. The highest BCUT2D eigenvalue weighted by Crippen LogP contribution is 2.22. The third-order valence-electron chi connectivity index (χ3n) is 2.87. The molecule has 0 saturated heterocycles. The number of carbonyl (C=O) groups excluding carboxylic acids is 1. The van der Waals surface area contributed by atoms with Crippen LogP contribution in [0.2, 0.25) is 0 Å². The molecule has 0 aromatic heterocycles. The van der Waals surface area contributed by atoms with Gasteiger partial charge in [0.15, 0.2) is 0 Å². The lowest BCUT2D eigenvalue weighted by Crippen LogP contribution is -2.26. The SMILES string of the molecule is CN(Cc1ccccc1Br)C(=O)c1cc(F)ccc1Br. The van der Waals surface area contributed by atoms with Crippen molar-refractivity contribution in [1.29, 1.82) is 0 Å². The molecule has 2 rings (SSSR count). The summed E-state index contributed by atoms with van der Waals surface area (Å²) in [6.45, 7) is 0.448. The Balaban J connectivity index is 2.21. The van der Waals surface area contributed by atoms with Crippen LogP contribution in [-0.4, -0.2) is 17.9 Å². The second-order valence-corrected chi connectivity index (χ2v) is 6.09. The molecule has 0 spiro atoms. The monoisotopic (exact) mass is 399 g/mol. The zero-order valence-electron chi connectivity index (χ0n) is 10.7. The molecule has 0 atom stereocenters. The van der Waals surface area contributed by atoms with Gasteiger partial charge in [-0.05, 0) is 45.8 Å². The predicted octanol–water partition coefficient (Wildman–Crippen LogP) is 4.62. The van der Waals surface area contributed by atoms with Gasteiger partial charge in [0.05, 0.1) is 5.56 Å². The second kappa shape index (κ2) is 6.50. The van der Waals surface area contributed by atoms with Gasteiger partial charge in [-0.25, -0.2) is 4.39 Å². The first kappa shape index (κ1) is 15.2. The maximum absolute atomic E-state index is 13.3. The lowest BCUT2D eigenvalue weighted by atomic mass is 10.1. The van der Waals surface area contributed by atoms with E-state index in [1.807, 2.05) is 24.3 Å². The smallest absolute Gasteiger partial charge is 0.255 e. The van der Waals surface area contributed by atoms with Crippen LogP contribution in [0.25, 0.3) is 0 Å². The van der Waals surface area contributed by atoms with E-state index in [-0.39, 0.29) is 5.91 Å². The first-order valence-electron chi connectivity index (χ1n) is 5.93. The van der Waals surface area contributed by atoms with Gasteiger partial charge in [-0.15, -0.1) is 0 Å². The first-order valence-corrected chi connectivity index (χ1v) is 7.51. The minimum atomic E-state index is -0.425. The Morgan fingerprint density at radius 1 is 1.15 bits per heavy atom. The molecular formula is C15H12Br2FNO. The number of halogens is 3. The first-order chi connectivity index (χ1) is 9.49. The zero-order valence-corrected chi connectivity index (χ0v) is 13.9. The van der Waals surface area contributed by atoms with Gasteiger partial charge in [-0.3, -0.25) is 4.79 Å². The summed E-state index contributed by atoms with van der Waals surface area (Å²) in [5.41, 5.74) is 1.32. The van der Waals surface area contributed by atoms with Gasteiger partial charge in [-0.2, -0.15) is 0 Å². The maximum Gasteiger partial charge on any atom is 0.255 e. The van der Waals surface area contributed by atoms with E-state index in [4.69, 9.17) is 0 Å². The minimum absolute atomic E-state index is 0.230. The number of hydrogen-bond donors (Lipinski definition) is 0. The molecule has 0 bridgehead atoms. The lowest BCUT2D eigenvalue weighted by molar-refractivity contribution is 0.0783. The van der Waals surface area contributed by atoms with Crippen molar-refractivity contribution in [3.8, 4) is 0 Å². The summed E-state index contributed by atoms with van der Waals surface area (Å²) < 4.78 is 14.8. The topological polar surface area (TPSA) is 20.3 Å². The average Bonchev–Trinajstić information content (AvgIpc) is 2.43. The highest BCUT2D eigenvalue weighted by molar-refractivity contribution is 9.10.